The molecule has 0 atom stereocenters. The van der Waals surface area contributed by atoms with Gasteiger partial charge >= 0.3 is 0 Å². The zero-order valence-corrected chi connectivity index (χ0v) is 14.6. The number of pyridine rings is 2. The van der Waals surface area contributed by atoms with Crippen LogP contribution in [0.25, 0.3) is 0 Å². The normalized spacial score (nSPS) is 13.0. The summed E-state index contributed by atoms with van der Waals surface area (Å²) in [6.45, 7) is 9.61. The van der Waals surface area contributed by atoms with Gasteiger partial charge in [-0.25, -0.2) is 9.97 Å². The molecule has 4 nitrogen and oxygen atoms in total. The molecule has 0 amide bonds. The van der Waals surface area contributed by atoms with Gasteiger partial charge in [0.15, 0.2) is 0 Å². The highest BCUT2D eigenvalue weighted by molar-refractivity contribution is 5.47. The molecule has 0 aliphatic carbocycles. The van der Waals surface area contributed by atoms with Crippen LogP contribution in [-0.2, 0) is 6.42 Å². The molecule has 3 rings (SSSR count). The lowest BCUT2D eigenvalue weighted by Crippen LogP contribution is -2.14. The topological polar surface area (TPSA) is 49.8 Å². The summed E-state index contributed by atoms with van der Waals surface area (Å²) in [5.74, 6) is 2.57. The SMILES string of the molecule is CC(C)Nc1ccccn1.CC(C)c1ccc2c(n1)NCCC2. The molecule has 0 fully saturated rings. The molecule has 4 heteroatoms. The Balaban J connectivity index is 0.000000174. The highest BCUT2D eigenvalue weighted by atomic mass is 15.0. The average molecular weight is 312 g/mol. The predicted molar refractivity (Wildman–Crippen MR) is 98.1 cm³/mol. The zero-order chi connectivity index (χ0) is 16.7. The first-order chi connectivity index (χ1) is 11.1. The second kappa shape index (κ2) is 8.51. The van der Waals surface area contributed by atoms with E-state index < -0.39 is 0 Å². The first-order valence-corrected chi connectivity index (χ1v) is 8.47. The van der Waals surface area contributed by atoms with Crippen molar-refractivity contribution in [2.24, 2.45) is 0 Å². The maximum atomic E-state index is 4.60. The predicted octanol–water partition coefficient (Wildman–Crippen LogP) is 4.47. The van der Waals surface area contributed by atoms with Crippen molar-refractivity contribution in [1.29, 1.82) is 0 Å². The molecule has 2 aromatic heterocycles. The maximum Gasteiger partial charge on any atom is 0.129 e. The summed E-state index contributed by atoms with van der Waals surface area (Å²) in [7, 11) is 0. The number of hydrogen-bond donors (Lipinski definition) is 2. The molecule has 3 heterocycles. The summed E-state index contributed by atoms with van der Waals surface area (Å²) < 4.78 is 0. The van der Waals surface area contributed by atoms with Gasteiger partial charge in [0, 0.05) is 24.5 Å². The van der Waals surface area contributed by atoms with Crippen LogP contribution in [0.3, 0.4) is 0 Å². The largest absolute Gasteiger partial charge is 0.370 e. The third kappa shape index (κ3) is 5.55. The molecule has 1 aliphatic rings. The number of fused-ring (bicyclic) bond motifs is 1. The van der Waals surface area contributed by atoms with Gasteiger partial charge in [-0.1, -0.05) is 26.0 Å². The first kappa shape index (κ1) is 17.3. The van der Waals surface area contributed by atoms with E-state index >= 15 is 0 Å². The molecule has 1 aliphatic heterocycles. The number of hydrogen-bond acceptors (Lipinski definition) is 4. The van der Waals surface area contributed by atoms with Crippen molar-refractivity contribution in [2.45, 2.75) is 52.5 Å². The zero-order valence-electron chi connectivity index (χ0n) is 14.6. The highest BCUT2D eigenvalue weighted by Gasteiger charge is 2.11. The van der Waals surface area contributed by atoms with Crippen LogP contribution in [0.4, 0.5) is 11.6 Å². The molecule has 0 aromatic carbocycles. The minimum Gasteiger partial charge on any atom is -0.370 e. The Morgan fingerprint density at radius 1 is 1.09 bits per heavy atom. The van der Waals surface area contributed by atoms with Gasteiger partial charge in [0.2, 0.25) is 0 Å². The third-order valence-corrected chi connectivity index (χ3v) is 3.61. The monoisotopic (exact) mass is 312 g/mol. The summed E-state index contributed by atoms with van der Waals surface area (Å²) in [5.41, 5.74) is 2.56. The van der Waals surface area contributed by atoms with E-state index in [1.54, 1.807) is 6.20 Å². The van der Waals surface area contributed by atoms with Crippen molar-refractivity contribution in [3.63, 3.8) is 0 Å². The number of anilines is 2. The van der Waals surface area contributed by atoms with Crippen LogP contribution in [0.5, 0.6) is 0 Å². The second-order valence-corrected chi connectivity index (χ2v) is 6.44. The standard InChI is InChI=1S/C11H16N2.C8H12N2/c1-8(2)10-6-5-9-4-3-7-12-11(9)13-10;1-7(2)10-8-5-3-4-6-9-8/h5-6,8H,3-4,7H2,1-2H3,(H,12,13);3-7H,1-2H3,(H,9,10). The van der Waals surface area contributed by atoms with Gasteiger partial charge in [-0.3, -0.25) is 0 Å². The smallest absolute Gasteiger partial charge is 0.129 e. The molecular formula is C19H28N4. The van der Waals surface area contributed by atoms with Crippen LogP contribution in [0.15, 0.2) is 36.5 Å². The molecule has 0 saturated heterocycles. The fourth-order valence-electron chi connectivity index (χ4n) is 2.41. The minimum absolute atomic E-state index is 0.454. The Hall–Kier alpha value is -2.10. The van der Waals surface area contributed by atoms with Gasteiger partial charge in [-0.2, -0.15) is 0 Å². The Labute approximate surface area is 139 Å². The van der Waals surface area contributed by atoms with E-state index in [1.165, 1.54) is 24.1 Å². The van der Waals surface area contributed by atoms with Crippen molar-refractivity contribution >= 4 is 11.6 Å². The van der Waals surface area contributed by atoms with Crippen LogP contribution in [0.2, 0.25) is 0 Å². The van der Waals surface area contributed by atoms with Crippen LogP contribution in [-0.4, -0.2) is 22.6 Å². The van der Waals surface area contributed by atoms with E-state index in [4.69, 9.17) is 0 Å². The van der Waals surface area contributed by atoms with Gasteiger partial charge in [0.25, 0.3) is 0 Å². The fourth-order valence-corrected chi connectivity index (χ4v) is 2.41. The molecule has 0 unspecified atom stereocenters. The van der Waals surface area contributed by atoms with Gasteiger partial charge in [0.05, 0.1) is 0 Å². The summed E-state index contributed by atoms with van der Waals surface area (Å²) in [6, 6.07) is 10.7. The van der Waals surface area contributed by atoms with Crippen molar-refractivity contribution in [2.75, 3.05) is 17.2 Å². The molecule has 2 N–H and O–H groups in total. The van der Waals surface area contributed by atoms with E-state index in [0.29, 0.717) is 12.0 Å². The van der Waals surface area contributed by atoms with E-state index in [-0.39, 0.29) is 0 Å². The third-order valence-electron chi connectivity index (χ3n) is 3.61. The number of rotatable bonds is 3. The fraction of sp³-hybridized carbons (Fsp3) is 0.474. The van der Waals surface area contributed by atoms with Crippen LogP contribution in [0, 0.1) is 0 Å². The van der Waals surface area contributed by atoms with Gasteiger partial charge in [-0.15, -0.1) is 0 Å². The lowest BCUT2D eigenvalue weighted by Gasteiger charge is -2.18. The van der Waals surface area contributed by atoms with Crippen LogP contribution in [0.1, 0.15) is 51.3 Å². The Morgan fingerprint density at radius 2 is 1.91 bits per heavy atom. The lowest BCUT2D eigenvalue weighted by molar-refractivity contribution is 0.783. The summed E-state index contributed by atoms with van der Waals surface area (Å²) in [6.07, 6.45) is 4.19. The van der Waals surface area contributed by atoms with E-state index in [1.807, 2.05) is 18.2 Å². The number of aryl methyl sites for hydroxylation is 1. The lowest BCUT2D eigenvalue weighted by atomic mass is 10.0. The molecule has 23 heavy (non-hydrogen) atoms. The average Bonchev–Trinajstić information content (AvgIpc) is 2.55. The molecule has 0 saturated carbocycles. The summed E-state index contributed by atoms with van der Waals surface area (Å²) in [4.78, 5) is 8.71. The van der Waals surface area contributed by atoms with Crippen molar-refractivity contribution in [3.8, 4) is 0 Å². The summed E-state index contributed by atoms with van der Waals surface area (Å²) in [5, 5.41) is 6.54. The van der Waals surface area contributed by atoms with Crippen molar-refractivity contribution in [3.05, 3.63) is 47.8 Å². The van der Waals surface area contributed by atoms with Gasteiger partial charge in [0.1, 0.15) is 11.6 Å². The van der Waals surface area contributed by atoms with Gasteiger partial charge < -0.3 is 10.6 Å². The summed E-state index contributed by atoms with van der Waals surface area (Å²) >= 11 is 0. The van der Waals surface area contributed by atoms with Gasteiger partial charge in [-0.05, 0) is 56.4 Å². The number of aromatic nitrogens is 2. The van der Waals surface area contributed by atoms with Crippen molar-refractivity contribution < 1.29 is 0 Å². The number of nitrogens with one attached hydrogen (secondary N) is 2. The highest BCUT2D eigenvalue weighted by Crippen LogP contribution is 2.22. The Kier molecular flexibility index (Phi) is 6.39. The molecule has 0 bridgehead atoms. The quantitative estimate of drug-likeness (QED) is 0.878. The molecule has 2 aromatic rings. The van der Waals surface area contributed by atoms with E-state index in [0.717, 1.165) is 18.2 Å². The van der Waals surface area contributed by atoms with Crippen molar-refractivity contribution in [1.82, 2.24) is 9.97 Å². The first-order valence-electron chi connectivity index (χ1n) is 8.47. The van der Waals surface area contributed by atoms with Crippen LogP contribution >= 0.6 is 0 Å². The number of nitrogens with zero attached hydrogens (tertiary/aromatic N) is 2. The van der Waals surface area contributed by atoms with E-state index in [2.05, 4.69) is 60.4 Å². The molecule has 0 radical (unpaired) electrons. The van der Waals surface area contributed by atoms with E-state index in [9.17, 15) is 0 Å². The Bertz CT molecular complexity index is 594. The maximum absolute atomic E-state index is 4.60. The minimum atomic E-state index is 0.454. The molecule has 0 spiro atoms. The molecular weight excluding hydrogens is 284 g/mol. The second-order valence-electron chi connectivity index (χ2n) is 6.44. The molecule has 124 valence electrons. The Morgan fingerprint density at radius 3 is 2.57 bits per heavy atom. The van der Waals surface area contributed by atoms with Crippen LogP contribution < -0.4 is 10.6 Å².